The van der Waals surface area contributed by atoms with Crippen molar-refractivity contribution in [2.24, 2.45) is 11.7 Å². The van der Waals surface area contributed by atoms with Crippen LogP contribution in [0.15, 0.2) is 23.0 Å². The number of primary amides is 1. The first-order chi connectivity index (χ1) is 15.2. The van der Waals surface area contributed by atoms with Crippen molar-refractivity contribution in [3.05, 3.63) is 44.2 Å². The zero-order chi connectivity index (χ0) is 23.0. The fourth-order valence-electron chi connectivity index (χ4n) is 3.93. The summed E-state index contributed by atoms with van der Waals surface area (Å²) in [7, 11) is 0. The van der Waals surface area contributed by atoms with E-state index in [1.54, 1.807) is 18.2 Å². The maximum absolute atomic E-state index is 13.0. The van der Waals surface area contributed by atoms with E-state index < -0.39 is 23.3 Å². The molecule has 1 unspecified atom stereocenters. The van der Waals surface area contributed by atoms with Gasteiger partial charge in [0.05, 0.1) is 27.2 Å². The van der Waals surface area contributed by atoms with Crippen LogP contribution in [0.25, 0.3) is 0 Å². The number of anilines is 3. The van der Waals surface area contributed by atoms with Gasteiger partial charge < -0.3 is 21.3 Å². The summed E-state index contributed by atoms with van der Waals surface area (Å²) in [5, 5.41) is 5.63. The van der Waals surface area contributed by atoms with Gasteiger partial charge in [-0.2, -0.15) is 4.98 Å². The number of hydrogen-bond acceptors (Lipinski definition) is 6. The molecule has 32 heavy (non-hydrogen) atoms. The van der Waals surface area contributed by atoms with Crippen molar-refractivity contribution in [2.45, 2.75) is 25.2 Å². The summed E-state index contributed by atoms with van der Waals surface area (Å²) in [6.07, 6.45) is 0.854. The average Bonchev–Trinajstić information content (AvgIpc) is 2.76. The molecule has 0 bridgehead atoms. The van der Waals surface area contributed by atoms with E-state index in [0.717, 1.165) is 0 Å². The van der Waals surface area contributed by atoms with Gasteiger partial charge in [-0.1, -0.05) is 29.3 Å². The molecule has 5 N–H and O–H groups in total. The number of H-pyrrole nitrogens is 1. The minimum absolute atomic E-state index is 0.0364. The summed E-state index contributed by atoms with van der Waals surface area (Å²) in [6.45, 7) is 0.945. The topological polar surface area (TPSA) is 150 Å². The van der Waals surface area contributed by atoms with Gasteiger partial charge in [0.1, 0.15) is 5.82 Å². The Morgan fingerprint density at radius 1 is 1.19 bits per heavy atom. The number of nitrogens with two attached hydrogens (primary N) is 1. The molecule has 2 aliphatic rings. The van der Waals surface area contributed by atoms with E-state index in [1.807, 2.05) is 4.90 Å². The highest BCUT2D eigenvalue weighted by molar-refractivity contribution is 6.44. The van der Waals surface area contributed by atoms with Gasteiger partial charge in [0.25, 0.3) is 5.56 Å². The van der Waals surface area contributed by atoms with Gasteiger partial charge in [-0.25, -0.2) is 0 Å². The van der Waals surface area contributed by atoms with Gasteiger partial charge in [-0.3, -0.25) is 24.2 Å². The Kier molecular flexibility index (Phi) is 6.07. The van der Waals surface area contributed by atoms with Crippen molar-refractivity contribution in [1.82, 2.24) is 9.97 Å². The third-order valence-corrected chi connectivity index (χ3v) is 6.48. The molecule has 4 rings (SSSR count). The molecule has 1 atom stereocenters. The number of rotatable bonds is 4. The summed E-state index contributed by atoms with van der Waals surface area (Å²) in [5.74, 6) is -2.34. The lowest BCUT2D eigenvalue weighted by molar-refractivity contribution is -0.123. The Morgan fingerprint density at radius 3 is 2.59 bits per heavy atom. The van der Waals surface area contributed by atoms with E-state index in [-0.39, 0.29) is 51.3 Å². The zero-order valence-corrected chi connectivity index (χ0v) is 18.3. The van der Waals surface area contributed by atoms with Crippen LogP contribution in [0.5, 0.6) is 0 Å². The van der Waals surface area contributed by atoms with E-state index in [1.165, 1.54) is 0 Å². The molecule has 1 saturated heterocycles. The van der Waals surface area contributed by atoms with Crippen molar-refractivity contribution in [3.8, 4) is 0 Å². The van der Waals surface area contributed by atoms with Crippen LogP contribution in [0.1, 0.15) is 30.7 Å². The molecule has 1 aromatic carbocycles. The number of piperidine rings is 1. The van der Waals surface area contributed by atoms with Crippen LogP contribution < -0.4 is 26.8 Å². The van der Waals surface area contributed by atoms with Crippen molar-refractivity contribution in [2.75, 3.05) is 28.6 Å². The second-order valence-electron chi connectivity index (χ2n) is 7.71. The Hall–Kier alpha value is -3.11. The summed E-state index contributed by atoms with van der Waals surface area (Å²) >= 11 is 12.1. The van der Waals surface area contributed by atoms with Crippen LogP contribution in [0.4, 0.5) is 17.5 Å². The highest BCUT2D eigenvalue weighted by Gasteiger charge is 2.36. The quantitative estimate of drug-likeness (QED) is 0.526. The van der Waals surface area contributed by atoms with Crippen molar-refractivity contribution in [3.63, 3.8) is 0 Å². The van der Waals surface area contributed by atoms with Gasteiger partial charge in [-0.05, 0) is 25.0 Å². The summed E-state index contributed by atoms with van der Waals surface area (Å²) < 4.78 is 0. The summed E-state index contributed by atoms with van der Waals surface area (Å²) in [6, 6.07) is 4.76. The van der Waals surface area contributed by atoms with E-state index in [4.69, 9.17) is 28.9 Å². The molecule has 1 aromatic heterocycles. The normalized spacial score (nSPS) is 18.6. The fourth-order valence-corrected chi connectivity index (χ4v) is 4.28. The molecular weight excluding hydrogens is 459 g/mol. The number of carbonyl (C=O) groups excluding carboxylic acids is 3. The minimum Gasteiger partial charge on any atom is -0.369 e. The third-order valence-electron chi connectivity index (χ3n) is 5.66. The maximum Gasteiger partial charge on any atom is 0.258 e. The van der Waals surface area contributed by atoms with Crippen LogP contribution >= 0.6 is 23.2 Å². The molecule has 0 saturated carbocycles. The largest absolute Gasteiger partial charge is 0.369 e. The van der Waals surface area contributed by atoms with Crippen LogP contribution in [0, 0.1) is 5.92 Å². The number of benzene rings is 1. The molecule has 10 nitrogen and oxygen atoms in total. The van der Waals surface area contributed by atoms with E-state index in [9.17, 15) is 19.2 Å². The Balaban J connectivity index is 1.61. The van der Waals surface area contributed by atoms with Gasteiger partial charge in [-0.15, -0.1) is 0 Å². The Labute approximate surface area is 192 Å². The van der Waals surface area contributed by atoms with E-state index in [0.29, 0.717) is 25.9 Å². The van der Waals surface area contributed by atoms with Crippen LogP contribution in [0.2, 0.25) is 10.0 Å². The predicted molar refractivity (Wildman–Crippen MR) is 120 cm³/mol. The third kappa shape index (κ3) is 4.28. The van der Waals surface area contributed by atoms with Gasteiger partial charge in [0, 0.05) is 25.4 Å². The number of amides is 3. The van der Waals surface area contributed by atoms with Crippen LogP contribution in [-0.4, -0.2) is 40.8 Å². The van der Waals surface area contributed by atoms with Crippen LogP contribution in [0.3, 0.4) is 0 Å². The van der Waals surface area contributed by atoms with E-state index >= 15 is 0 Å². The monoisotopic (exact) mass is 478 g/mol. The van der Waals surface area contributed by atoms with Gasteiger partial charge in [0.15, 0.2) is 0 Å². The fraction of sp³-hybridized carbons (Fsp3) is 0.350. The number of hydrogen-bond donors (Lipinski definition) is 4. The lowest BCUT2D eigenvalue weighted by atomic mass is 9.92. The van der Waals surface area contributed by atoms with Crippen molar-refractivity contribution < 1.29 is 14.4 Å². The molecule has 0 spiro atoms. The molecule has 3 heterocycles. The first-order valence-corrected chi connectivity index (χ1v) is 10.7. The molecule has 0 aliphatic carbocycles. The Bertz CT molecular complexity index is 1160. The molecule has 12 heteroatoms. The number of carbonyl (C=O) groups is 3. The molecule has 2 aliphatic heterocycles. The SMILES string of the molecule is NC(=O)C1CCN(c2nc3c(c(=O)[nH]2)C(C(=O)Nc2cccc(Cl)c2Cl)CC(=O)N3)CC1. The van der Waals surface area contributed by atoms with Crippen LogP contribution in [-0.2, 0) is 14.4 Å². The number of aromatic nitrogens is 2. The highest BCUT2D eigenvalue weighted by atomic mass is 35.5. The molecule has 168 valence electrons. The lowest BCUT2D eigenvalue weighted by Gasteiger charge is -2.32. The number of fused-ring (bicyclic) bond motifs is 1. The number of halogens is 2. The first-order valence-electron chi connectivity index (χ1n) is 9.97. The molecular formula is C20H20Cl2N6O4. The standard InChI is InChI=1S/C20H20Cl2N6O4/c21-11-2-1-3-12(15(11)22)24-18(31)10-8-13(29)25-17-14(10)19(32)27-20(26-17)28-6-4-9(5-7-28)16(23)30/h1-3,9-10H,4-8H2,(H2,23,30)(H,24,31)(H2,25,26,27,29,32). The summed E-state index contributed by atoms with van der Waals surface area (Å²) in [4.78, 5) is 58.4. The molecule has 2 aromatic rings. The highest BCUT2D eigenvalue weighted by Crippen LogP contribution is 2.33. The maximum atomic E-state index is 13.0. The molecule has 1 fully saturated rings. The molecule has 0 radical (unpaired) electrons. The number of nitrogens with zero attached hydrogens (tertiary/aromatic N) is 2. The minimum atomic E-state index is -1.06. The van der Waals surface area contributed by atoms with Gasteiger partial charge in [0.2, 0.25) is 23.7 Å². The zero-order valence-electron chi connectivity index (χ0n) is 16.8. The smallest absolute Gasteiger partial charge is 0.258 e. The number of nitrogens with one attached hydrogen (secondary N) is 3. The van der Waals surface area contributed by atoms with E-state index in [2.05, 4.69) is 20.6 Å². The summed E-state index contributed by atoms with van der Waals surface area (Å²) in [5.41, 5.74) is 5.18. The first kappa shape index (κ1) is 22.1. The van der Waals surface area contributed by atoms with Crippen molar-refractivity contribution >= 4 is 58.4 Å². The lowest BCUT2D eigenvalue weighted by Crippen LogP contribution is -2.41. The Morgan fingerprint density at radius 2 is 1.91 bits per heavy atom. The predicted octanol–water partition coefficient (Wildman–Crippen LogP) is 1.84. The number of aromatic amines is 1. The second kappa shape index (κ2) is 8.79. The molecule has 3 amide bonds. The second-order valence-corrected chi connectivity index (χ2v) is 8.50. The average molecular weight is 479 g/mol. The van der Waals surface area contributed by atoms with Gasteiger partial charge >= 0.3 is 0 Å². The van der Waals surface area contributed by atoms with Crippen molar-refractivity contribution in [1.29, 1.82) is 0 Å².